The van der Waals surface area contributed by atoms with Crippen molar-refractivity contribution in [3.63, 3.8) is 0 Å². The average molecular weight is 572 g/mol. The molecule has 6 unspecified atom stereocenters. The molecule has 0 radical (unpaired) electrons. The maximum Gasteiger partial charge on any atom is 0.254 e. The maximum atomic E-state index is 13.6. The summed E-state index contributed by atoms with van der Waals surface area (Å²) >= 11 is 17.4. The third-order valence-corrected chi connectivity index (χ3v) is 9.35. The van der Waals surface area contributed by atoms with E-state index in [0.717, 1.165) is 10.5 Å². The quantitative estimate of drug-likeness (QED) is 0.242. The first-order chi connectivity index (χ1) is 16.2. The number of carbonyl (C=O) groups excluding carboxylic acids is 4. The number of allylic oxidation sites excluding steroid dienone is 2. The highest BCUT2D eigenvalue weighted by molar-refractivity contribution is 9.09. The number of aliphatic hydroxyl groups is 1. The zero-order valence-corrected chi connectivity index (χ0v) is 20.9. The highest BCUT2D eigenvalue weighted by atomic mass is 79.9. The van der Waals surface area contributed by atoms with Gasteiger partial charge in [-0.25, -0.2) is 0 Å². The second-order valence-corrected chi connectivity index (χ2v) is 10.7. The third kappa shape index (κ3) is 3.06. The van der Waals surface area contributed by atoms with E-state index >= 15 is 0 Å². The first-order valence-electron chi connectivity index (χ1n) is 10.9. The summed E-state index contributed by atoms with van der Waals surface area (Å²) in [4.78, 5) is 49.5. The van der Waals surface area contributed by atoms with Crippen LogP contribution in [0.1, 0.15) is 24.3 Å². The standard InChI is InChI=1S/C23H21BrCl2N2O6/c24-10-28-20(32)22(25)9-15-13(5-6-14-16(15)19(31)27-18(14)30)17(23(22,26)21(28)33)11-1-3-12(4-2-11)34-8-7-29/h1-5,14-17,29H,6-10H2,(H,27,30,31). The van der Waals surface area contributed by atoms with Gasteiger partial charge in [0.25, 0.3) is 11.8 Å². The van der Waals surface area contributed by atoms with Crippen molar-refractivity contribution in [1.82, 2.24) is 10.2 Å². The number of carbonyl (C=O) groups is 4. The van der Waals surface area contributed by atoms with Crippen molar-refractivity contribution < 1.29 is 29.0 Å². The van der Waals surface area contributed by atoms with Crippen LogP contribution >= 0.6 is 39.1 Å². The average Bonchev–Trinajstić information content (AvgIpc) is 3.19. The Bertz CT molecular complexity index is 1130. The predicted molar refractivity (Wildman–Crippen MR) is 126 cm³/mol. The monoisotopic (exact) mass is 570 g/mol. The smallest absolute Gasteiger partial charge is 0.254 e. The van der Waals surface area contributed by atoms with Crippen LogP contribution in [0.25, 0.3) is 0 Å². The van der Waals surface area contributed by atoms with E-state index in [9.17, 15) is 19.2 Å². The van der Waals surface area contributed by atoms with E-state index in [1.54, 1.807) is 24.3 Å². The molecule has 4 amide bonds. The molecule has 2 aliphatic heterocycles. The van der Waals surface area contributed by atoms with Crippen LogP contribution in [-0.2, 0) is 19.2 Å². The number of hydrogen-bond donors (Lipinski definition) is 2. The lowest BCUT2D eigenvalue weighted by atomic mass is 9.56. The number of amides is 4. The molecule has 2 aliphatic carbocycles. The molecule has 2 heterocycles. The van der Waals surface area contributed by atoms with Crippen molar-refractivity contribution in [2.45, 2.75) is 28.5 Å². The Labute approximate surface area is 213 Å². The fourth-order valence-electron chi connectivity index (χ4n) is 5.96. The van der Waals surface area contributed by atoms with Crippen LogP contribution in [0.5, 0.6) is 5.75 Å². The van der Waals surface area contributed by atoms with Gasteiger partial charge in [-0.15, -0.1) is 23.2 Å². The van der Waals surface area contributed by atoms with Gasteiger partial charge in [-0.3, -0.25) is 29.4 Å². The summed E-state index contributed by atoms with van der Waals surface area (Å²) < 4.78 is 5.44. The minimum Gasteiger partial charge on any atom is -0.491 e. The van der Waals surface area contributed by atoms with Crippen molar-refractivity contribution in [3.05, 3.63) is 41.5 Å². The van der Waals surface area contributed by atoms with Crippen LogP contribution in [0.2, 0.25) is 0 Å². The van der Waals surface area contributed by atoms with Gasteiger partial charge in [-0.1, -0.05) is 39.7 Å². The summed E-state index contributed by atoms with van der Waals surface area (Å²) in [5.74, 6) is -4.00. The highest BCUT2D eigenvalue weighted by Gasteiger charge is 2.76. The topological polar surface area (TPSA) is 113 Å². The Hall–Kier alpha value is -1.94. The highest BCUT2D eigenvalue weighted by Crippen LogP contribution is 2.65. The first kappa shape index (κ1) is 23.8. The van der Waals surface area contributed by atoms with Crippen molar-refractivity contribution in [3.8, 4) is 5.75 Å². The van der Waals surface area contributed by atoms with Gasteiger partial charge >= 0.3 is 0 Å². The van der Waals surface area contributed by atoms with Crippen molar-refractivity contribution in [1.29, 1.82) is 0 Å². The molecule has 6 atom stereocenters. The van der Waals surface area contributed by atoms with E-state index in [1.807, 2.05) is 6.08 Å². The number of nitrogens with zero attached hydrogens (tertiary/aromatic N) is 1. The van der Waals surface area contributed by atoms with E-state index in [4.69, 9.17) is 33.0 Å². The van der Waals surface area contributed by atoms with Crippen molar-refractivity contribution in [2.24, 2.45) is 17.8 Å². The van der Waals surface area contributed by atoms with E-state index in [1.165, 1.54) is 0 Å². The fraction of sp³-hybridized carbons (Fsp3) is 0.478. The summed E-state index contributed by atoms with van der Waals surface area (Å²) in [7, 11) is 0. The minimum absolute atomic E-state index is 0.0337. The number of nitrogens with one attached hydrogen (secondary N) is 1. The lowest BCUT2D eigenvalue weighted by Gasteiger charge is -2.50. The molecule has 180 valence electrons. The van der Waals surface area contributed by atoms with Gasteiger partial charge in [0.1, 0.15) is 12.4 Å². The van der Waals surface area contributed by atoms with Crippen LogP contribution in [0, 0.1) is 17.8 Å². The van der Waals surface area contributed by atoms with Gasteiger partial charge in [0.05, 0.1) is 23.9 Å². The molecular weight excluding hydrogens is 551 g/mol. The summed E-state index contributed by atoms with van der Waals surface area (Å²) in [6.07, 6.45) is 2.17. The number of rotatable bonds is 5. The largest absolute Gasteiger partial charge is 0.491 e. The lowest BCUT2D eigenvalue weighted by Crippen LogP contribution is -2.60. The number of benzene rings is 1. The minimum atomic E-state index is -1.82. The van der Waals surface area contributed by atoms with E-state index in [-0.39, 0.29) is 31.0 Å². The number of aliphatic hydroxyl groups excluding tert-OH is 1. The summed E-state index contributed by atoms with van der Waals surface area (Å²) in [6.45, 7) is -0.0134. The number of fused-ring (bicyclic) bond motifs is 4. The molecule has 1 saturated carbocycles. The third-order valence-electron chi connectivity index (χ3n) is 7.43. The van der Waals surface area contributed by atoms with E-state index < -0.39 is 51.1 Å². The van der Waals surface area contributed by atoms with Crippen LogP contribution in [0.4, 0.5) is 0 Å². The van der Waals surface area contributed by atoms with Gasteiger partial charge in [-0.2, -0.15) is 0 Å². The Balaban J connectivity index is 1.67. The summed E-state index contributed by atoms with van der Waals surface area (Å²) in [5, 5.41) is 11.4. The molecule has 5 rings (SSSR count). The molecule has 11 heteroatoms. The number of ether oxygens (including phenoxy) is 1. The first-order valence-corrected chi connectivity index (χ1v) is 12.7. The normalized spacial score (nSPS) is 36.6. The number of likely N-dealkylation sites (tertiary alicyclic amines) is 1. The van der Waals surface area contributed by atoms with Crippen molar-refractivity contribution >= 4 is 62.8 Å². The van der Waals surface area contributed by atoms with Gasteiger partial charge in [0.15, 0.2) is 9.75 Å². The van der Waals surface area contributed by atoms with Gasteiger partial charge < -0.3 is 9.84 Å². The molecule has 8 nitrogen and oxygen atoms in total. The predicted octanol–water partition coefficient (Wildman–Crippen LogP) is 2.06. The fourth-order valence-corrected chi connectivity index (χ4v) is 7.38. The molecule has 2 saturated heterocycles. The van der Waals surface area contributed by atoms with Crippen LogP contribution in [-0.4, -0.2) is 62.1 Å². The van der Waals surface area contributed by atoms with Gasteiger partial charge in [0.2, 0.25) is 11.8 Å². The van der Waals surface area contributed by atoms with Crippen LogP contribution in [0.15, 0.2) is 35.9 Å². The van der Waals surface area contributed by atoms with E-state index in [0.29, 0.717) is 17.7 Å². The zero-order valence-electron chi connectivity index (χ0n) is 17.8. The number of hydrogen-bond acceptors (Lipinski definition) is 6. The Kier molecular flexibility index (Phi) is 5.82. The van der Waals surface area contributed by atoms with Crippen LogP contribution in [0.3, 0.4) is 0 Å². The maximum absolute atomic E-state index is 13.6. The van der Waals surface area contributed by atoms with E-state index in [2.05, 4.69) is 21.2 Å². The zero-order chi connectivity index (χ0) is 24.4. The lowest BCUT2D eigenvalue weighted by molar-refractivity contribution is -0.138. The molecule has 34 heavy (non-hydrogen) atoms. The second kappa shape index (κ2) is 8.33. The van der Waals surface area contributed by atoms with Crippen molar-refractivity contribution in [2.75, 3.05) is 18.7 Å². The molecule has 0 bridgehead atoms. The molecule has 3 fully saturated rings. The molecule has 1 aromatic rings. The Morgan fingerprint density at radius 2 is 1.79 bits per heavy atom. The molecular formula is C23H21BrCl2N2O6. The Morgan fingerprint density at radius 3 is 2.44 bits per heavy atom. The Morgan fingerprint density at radius 1 is 1.09 bits per heavy atom. The summed E-state index contributed by atoms with van der Waals surface area (Å²) in [5.41, 5.74) is 1.30. The molecule has 1 aromatic carbocycles. The molecule has 0 aromatic heterocycles. The molecule has 2 N–H and O–H groups in total. The number of alkyl halides is 3. The second-order valence-electron chi connectivity index (χ2n) is 8.98. The molecule has 0 spiro atoms. The summed E-state index contributed by atoms with van der Waals surface area (Å²) in [6, 6.07) is 6.85. The SMILES string of the molecule is O=C1NC(=O)C2C1CC=C1C2CC2(Cl)C(=O)N(CBr)C(=O)C2(Cl)C1c1ccc(OCCO)cc1. The molecule has 4 aliphatic rings. The van der Waals surface area contributed by atoms with Crippen LogP contribution < -0.4 is 10.1 Å². The van der Waals surface area contributed by atoms with Gasteiger partial charge in [-0.05, 0) is 36.5 Å². The number of halogens is 3. The van der Waals surface area contributed by atoms with Gasteiger partial charge in [0, 0.05) is 5.92 Å². The number of imide groups is 2.